The molecule has 1 amide bonds. The molecule has 17 heavy (non-hydrogen) atoms. The Morgan fingerprint density at radius 2 is 2.35 bits per heavy atom. The summed E-state index contributed by atoms with van der Waals surface area (Å²) in [7, 11) is 1.82. The van der Waals surface area contributed by atoms with E-state index >= 15 is 0 Å². The molecule has 0 bridgehead atoms. The predicted molar refractivity (Wildman–Crippen MR) is 68.0 cm³/mol. The summed E-state index contributed by atoms with van der Waals surface area (Å²) < 4.78 is 5.68. The Balaban J connectivity index is 2.25. The Bertz CT molecular complexity index is 236. The average Bonchev–Trinajstić information content (AvgIpc) is 2.30. The van der Waals surface area contributed by atoms with Gasteiger partial charge in [0, 0.05) is 46.7 Å². The van der Waals surface area contributed by atoms with Gasteiger partial charge in [0.15, 0.2) is 0 Å². The second-order valence-electron chi connectivity index (χ2n) is 4.55. The lowest BCUT2D eigenvalue weighted by Crippen LogP contribution is -2.49. The first kappa shape index (κ1) is 14.4. The van der Waals surface area contributed by atoms with Crippen molar-refractivity contribution in [2.45, 2.75) is 20.0 Å². The van der Waals surface area contributed by atoms with Crippen LogP contribution in [0.4, 0.5) is 0 Å². The van der Waals surface area contributed by atoms with Crippen molar-refractivity contribution in [1.29, 1.82) is 0 Å². The smallest absolute Gasteiger partial charge is 0.219 e. The lowest BCUT2D eigenvalue weighted by atomic mass is 10.2. The van der Waals surface area contributed by atoms with E-state index in [0.717, 1.165) is 39.3 Å². The van der Waals surface area contributed by atoms with E-state index in [1.165, 1.54) is 0 Å². The summed E-state index contributed by atoms with van der Waals surface area (Å²) in [5, 5.41) is 3.32. The summed E-state index contributed by atoms with van der Waals surface area (Å²) >= 11 is 0. The first-order valence-corrected chi connectivity index (χ1v) is 6.39. The Labute approximate surface area is 104 Å². The van der Waals surface area contributed by atoms with Gasteiger partial charge in [-0.3, -0.25) is 9.69 Å². The quantitative estimate of drug-likeness (QED) is 0.655. The molecule has 5 heteroatoms. The molecule has 1 fully saturated rings. The lowest BCUT2D eigenvalue weighted by molar-refractivity contribution is -0.130. The minimum absolute atomic E-state index is 0.0957. The molecule has 1 aliphatic heterocycles. The van der Waals surface area contributed by atoms with Gasteiger partial charge in [-0.1, -0.05) is 6.92 Å². The number of nitrogens with one attached hydrogen (secondary N) is 1. The molecule has 100 valence electrons. The maximum Gasteiger partial charge on any atom is 0.219 e. The van der Waals surface area contributed by atoms with Gasteiger partial charge in [-0.15, -0.1) is 0 Å². The van der Waals surface area contributed by atoms with Crippen LogP contribution in [-0.4, -0.2) is 74.7 Å². The Morgan fingerprint density at radius 1 is 1.59 bits per heavy atom. The highest BCUT2D eigenvalue weighted by atomic mass is 16.5. The number of carbonyl (C=O) groups is 1. The molecule has 1 saturated heterocycles. The van der Waals surface area contributed by atoms with Crippen molar-refractivity contribution in [2.24, 2.45) is 0 Å². The molecular formula is C12H25N3O2. The van der Waals surface area contributed by atoms with Gasteiger partial charge >= 0.3 is 0 Å². The first-order chi connectivity index (χ1) is 8.13. The highest BCUT2D eigenvalue weighted by molar-refractivity contribution is 5.72. The first-order valence-electron chi connectivity index (χ1n) is 6.39. The number of ether oxygens (including phenoxy) is 1. The molecule has 1 atom stereocenters. The van der Waals surface area contributed by atoms with Crippen LogP contribution in [0.5, 0.6) is 0 Å². The fraction of sp³-hybridized carbons (Fsp3) is 0.917. The van der Waals surface area contributed by atoms with Crippen LogP contribution in [0, 0.1) is 0 Å². The van der Waals surface area contributed by atoms with E-state index in [-0.39, 0.29) is 12.0 Å². The van der Waals surface area contributed by atoms with E-state index < -0.39 is 0 Å². The molecule has 0 aromatic carbocycles. The molecule has 0 radical (unpaired) electrons. The minimum Gasteiger partial charge on any atom is -0.374 e. The second-order valence-corrected chi connectivity index (χ2v) is 4.55. The molecule has 0 spiro atoms. The van der Waals surface area contributed by atoms with Crippen molar-refractivity contribution >= 4 is 5.91 Å². The molecule has 1 rings (SSSR count). The van der Waals surface area contributed by atoms with Crippen LogP contribution in [0.1, 0.15) is 13.8 Å². The Kier molecular flexibility index (Phi) is 6.47. The topological polar surface area (TPSA) is 44.8 Å². The van der Waals surface area contributed by atoms with Crippen LogP contribution in [0.25, 0.3) is 0 Å². The van der Waals surface area contributed by atoms with Crippen LogP contribution in [0.15, 0.2) is 0 Å². The van der Waals surface area contributed by atoms with Crippen LogP contribution < -0.4 is 5.32 Å². The maximum absolute atomic E-state index is 11.2. The largest absolute Gasteiger partial charge is 0.374 e. The van der Waals surface area contributed by atoms with Crippen molar-refractivity contribution in [1.82, 2.24) is 15.1 Å². The Morgan fingerprint density at radius 3 is 3.00 bits per heavy atom. The number of carbonyl (C=O) groups excluding carboxylic acids is 1. The Hall–Kier alpha value is -0.650. The summed E-state index contributed by atoms with van der Waals surface area (Å²) in [6, 6.07) is 0. The highest BCUT2D eigenvalue weighted by Crippen LogP contribution is 2.06. The number of amides is 1. The monoisotopic (exact) mass is 243 g/mol. The predicted octanol–water partition coefficient (Wildman–Crippen LogP) is -0.225. The number of hydrogen-bond donors (Lipinski definition) is 1. The summed E-state index contributed by atoms with van der Waals surface area (Å²) in [6.45, 7) is 10.2. The zero-order chi connectivity index (χ0) is 12.7. The maximum atomic E-state index is 11.2. The molecule has 0 saturated carbocycles. The van der Waals surface area contributed by atoms with Crippen molar-refractivity contribution in [3.05, 3.63) is 0 Å². The van der Waals surface area contributed by atoms with Gasteiger partial charge in [0.05, 0.1) is 12.7 Å². The van der Waals surface area contributed by atoms with Gasteiger partial charge in [-0.2, -0.15) is 0 Å². The molecule has 1 aliphatic rings. The van der Waals surface area contributed by atoms with E-state index in [4.69, 9.17) is 4.74 Å². The van der Waals surface area contributed by atoms with Crippen molar-refractivity contribution < 1.29 is 9.53 Å². The van der Waals surface area contributed by atoms with Crippen LogP contribution >= 0.6 is 0 Å². The molecule has 1 N–H and O–H groups in total. The van der Waals surface area contributed by atoms with E-state index in [9.17, 15) is 4.79 Å². The standard InChI is InChI=1S/C12H25N3O2/c1-4-13-5-6-15-7-8-17-12(10-15)9-14(3)11(2)16/h12-13H,4-10H2,1-3H3/t12-/m0/s1. The summed E-state index contributed by atoms with van der Waals surface area (Å²) in [5.41, 5.74) is 0. The molecule has 0 aliphatic carbocycles. The van der Waals surface area contributed by atoms with Gasteiger partial charge in [0.1, 0.15) is 0 Å². The number of rotatable bonds is 6. The molecule has 0 aromatic heterocycles. The van der Waals surface area contributed by atoms with Crippen LogP contribution in [0.2, 0.25) is 0 Å². The molecule has 1 heterocycles. The van der Waals surface area contributed by atoms with Gasteiger partial charge in [0.25, 0.3) is 0 Å². The number of hydrogen-bond acceptors (Lipinski definition) is 4. The highest BCUT2D eigenvalue weighted by Gasteiger charge is 2.21. The SMILES string of the molecule is CCNCCN1CCO[C@@H](CN(C)C(C)=O)C1. The normalized spacial score (nSPS) is 21.5. The lowest BCUT2D eigenvalue weighted by Gasteiger charge is -2.34. The van der Waals surface area contributed by atoms with Crippen LogP contribution in [0.3, 0.4) is 0 Å². The van der Waals surface area contributed by atoms with Crippen LogP contribution in [-0.2, 0) is 9.53 Å². The fourth-order valence-electron chi connectivity index (χ4n) is 1.94. The molecule has 5 nitrogen and oxygen atoms in total. The van der Waals surface area contributed by atoms with Crippen molar-refractivity contribution in [2.75, 3.05) is 52.9 Å². The third kappa shape index (κ3) is 5.48. The molecule has 0 unspecified atom stereocenters. The van der Waals surface area contributed by atoms with E-state index in [2.05, 4.69) is 17.1 Å². The van der Waals surface area contributed by atoms with Gasteiger partial charge < -0.3 is 15.0 Å². The fourth-order valence-corrected chi connectivity index (χ4v) is 1.94. The number of morpholine rings is 1. The van der Waals surface area contributed by atoms with E-state index in [1.807, 2.05) is 7.05 Å². The minimum atomic E-state index is 0.0957. The summed E-state index contributed by atoms with van der Waals surface area (Å²) in [6.07, 6.45) is 0.152. The molecule has 0 aromatic rings. The summed E-state index contributed by atoms with van der Waals surface area (Å²) in [4.78, 5) is 15.3. The zero-order valence-corrected chi connectivity index (χ0v) is 11.2. The zero-order valence-electron chi connectivity index (χ0n) is 11.2. The third-order valence-corrected chi connectivity index (χ3v) is 3.09. The van der Waals surface area contributed by atoms with Gasteiger partial charge in [-0.05, 0) is 6.54 Å². The number of nitrogens with zero attached hydrogens (tertiary/aromatic N) is 2. The molecular weight excluding hydrogens is 218 g/mol. The number of likely N-dealkylation sites (N-methyl/N-ethyl adjacent to an activating group) is 2. The van der Waals surface area contributed by atoms with Crippen molar-refractivity contribution in [3.63, 3.8) is 0 Å². The van der Waals surface area contributed by atoms with Gasteiger partial charge in [-0.25, -0.2) is 0 Å². The summed E-state index contributed by atoms with van der Waals surface area (Å²) in [5.74, 6) is 0.0957. The third-order valence-electron chi connectivity index (χ3n) is 3.09. The van der Waals surface area contributed by atoms with E-state index in [1.54, 1.807) is 11.8 Å². The van der Waals surface area contributed by atoms with Crippen molar-refractivity contribution in [3.8, 4) is 0 Å². The van der Waals surface area contributed by atoms with Gasteiger partial charge in [0.2, 0.25) is 5.91 Å². The average molecular weight is 243 g/mol. The van der Waals surface area contributed by atoms with E-state index in [0.29, 0.717) is 6.54 Å². The second kappa shape index (κ2) is 7.63.